The van der Waals surface area contributed by atoms with E-state index >= 15 is 0 Å². The molecule has 4 amide bonds. The van der Waals surface area contributed by atoms with Crippen molar-refractivity contribution in [3.63, 3.8) is 0 Å². The molecule has 26 heavy (non-hydrogen) atoms. The third-order valence-corrected chi connectivity index (χ3v) is 5.65. The second-order valence-corrected chi connectivity index (χ2v) is 7.84. The second-order valence-electron chi connectivity index (χ2n) is 7.84. The molecule has 6 nitrogen and oxygen atoms in total. The SMILES string of the molecule is CCCC1(CCC)NC(=O)N(CC(=O)N(C2=CCCCC2)C2CC2)C1=O. The third kappa shape index (κ3) is 3.64. The topological polar surface area (TPSA) is 69.7 Å². The third-order valence-electron chi connectivity index (χ3n) is 5.65. The van der Waals surface area contributed by atoms with E-state index in [-0.39, 0.29) is 24.4 Å². The molecule has 6 heteroatoms. The van der Waals surface area contributed by atoms with Crippen molar-refractivity contribution in [2.75, 3.05) is 6.54 Å². The smallest absolute Gasteiger partial charge is 0.323 e. The fourth-order valence-corrected chi connectivity index (χ4v) is 4.32. The summed E-state index contributed by atoms with van der Waals surface area (Å²) in [6.45, 7) is 3.87. The average Bonchev–Trinajstić information content (AvgIpc) is 3.42. The number of nitrogens with one attached hydrogen (secondary N) is 1. The fraction of sp³-hybridized carbons (Fsp3) is 0.750. The lowest BCUT2D eigenvalue weighted by Gasteiger charge is -2.29. The Hall–Kier alpha value is -1.85. The first-order chi connectivity index (χ1) is 12.5. The lowest BCUT2D eigenvalue weighted by molar-refractivity contribution is -0.138. The summed E-state index contributed by atoms with van der Waals surface area (Å²) < 4.78 is 0. The van der Waals surface area contributed by atoms with Gasteiger partial charge in [-0.25, -0.2) is 4.79 Å². The Bertz CT molecular complexity index is 603. The maximum Gasteiger partial charge on any atom is 0.325 e. The summed E-state index contributed by atoms with van der Waals surface area (Å²) in [5.41, 5.74) is 0.263. The predicted molar refractivity (Wildman–Crippen MR) is 99.2 cm³/mol. The zero-order chi connectivity index (χ0) is 18.7. The van der Waals surface area contributed by atoms with Gasteiger partial charge in [-0.2, -0.15) is 0 Å². The lowest BCUT2D eigenvalue weighted by atomic mass is 9.88. The van der Waals surface area contributed by atoms with Crippen molar-refractivity contribution >= 4 is 17.8 Å². The minimum absolute atomic E-state index is 0.118. The summed E-state index contributed by atoms with van der Waals surface area (Å²) >= 11 is 0. The molecule has 0 atom stereocenters. The molecule has 144 valence electrons. The lowest BCUT2D eigenvalue weighted by Crippen LogP contribution is -2.48. The fourth-order valence-electron chi connectivity index (χ4n) is 4.32. The summed E-state index contributed by atoms with van der Waals surface area (Å²) in [5.74, 6) is -0.346. The highest BCUT2D eigenvalue weighted by atomic mass is 16.2. The summed E-state index contributed by atoms with van der Waals surface area (Å²) in [4.78, 5) is 41.5. The molecule has 0 aromatic heterocycles. The van der Waals surface area contributed by atoms with Crippen molar-refractivity contribution in [3.8, 4) is 0 Å². The van der Waals surface area contributed by atoms with Gasteiger partial charge in [0.05, 0.1) is 0 Å². The zero-order valence-corrected chi connectivity index (χ0v) is 16.1. The number of carbonyl (C=O) groups excluding carboxylic acids is 3. The molecule has 2 fully saturated rings. The van der Waals surface area contributed by atoms with Crippen molar-refractivity contribution in [2.24, 2.45) is 0 Å². The van der Waals surface area contributed by atoms with Crippen LogP contribution in [0.2, 0.25) is 0 Å². The van der Waals surface area contributed by atoms with E-state index in [4.69, 9.17) is 0 Å². The Labute approximate surface area is 156 Å². The first-order valence-corrected chi connectivity index (χ1v) is 10.2. The molecule has 1 saturated carbocycles. The monoisotopic (exact) mass is 361 g/mol. The van der Waals surface area contributed by atoms with Gasteiger partial charge < -0.3 is 10.2 Å². The van der Waals surface area contributed by atoms with Gasteiger partial charge in [0.1, 0.15) is 12.1 Å². The zero-order valence-electron chi connectivity index (χ0n) is 16.1. The van der Waals surface area contributed by atoms with E-state index in [9.17, 15) is 14.4 Å². The summed E-state index contributed by atoms with van der Waals surface area (Å²) in [7, 11) is 0. The Morgan fingerprint density at radius 2 is 1.92 bits per heavy atom. The largest absolute Gasteiger partial charge is 0.325 e. The number of hydrogen-bond acceptors (Lipinski definition) is 3. The standard InChI is InChI=1S/C20H31N3O3/c1-3-12-20(13-4-2)18(25)22(19(26)21-20)14-17(24)23(16-10-11-16)15-8-6-5-7-9-15/h8,16H,3-7,9-14H2,1-2H3,(H,21,26). The molecule has 0 unspecified atom stereocenters. The minimum atomic E-state index is -0.824. The first kappa shape index (κ1) is 18.9. The van der Waals surface area contributed by atoms with Gasteiger partial charge in [-0.05, 0) is 51.4 Å². The number of imide groups is 1. The van der Waals surface area contributed by atoms with Crippen molar-refractivity contribution < 1.29 is 14.4 Å². The molecule has 3 rings (SSSR count). The van der Waals surface area contributed by atoms with E-state index < -0.39 is 11.6 Å². The molecule has 1 aliphatic heterocycles. The van der Waals surface area contributed by atoms with Crippen molar-refractivity contribution in [3.05, 3.63) is 11.8 Å². The van der Waals surface area contributed by atoms with Crippen molar-refractivity contribution in [2.45, 2.75) is 89.6 Å². The van der Waals surface area contributed by atoms with Gasteiger partial charge in [-0.3, -0.25) is 14.5 Å². The van der Waals surface area contributed by atoms with Gasteiger partial charge in [-0.15, -0.1) is 0 Å². The van der Waals surface area contributed by atoms with Gasteiger partial charge in [0.15, 0.2) is 0 Å². The molecular formula is C20H31N3O3. The molecule has 1 N–H and O–H groups in total. The molecule has 1 saturated heterocycles. The highest BCUT2D eigenvalue weighted by Gasteiger charge is 2.51. The van der Waals surface area contributed by atoms with E-state index in [0.29, 0.717) is 12.8 Å². The van der Waals surface area contributed by atoms with Gasteiger partial charge in [0, 0.05) is 11.7 Å². The van der Waals surface area contributed by atoms with Crippen LogP contribution in [0.4, 0.5) is 4.79 Å². The van der Waals surface area contributed by atoms with Crippen LogP contribution < -0.4 is 5.32 Å². The van der Waals surface area contributed by atoms with Gasteiger partial charge in [-0.1, -0.05) is 32.8 Å². The van der Waals surface area contributed by atoms with Crippen LogP contribution in [0.1, 0.15) is 78.1 Å². The average molecular weight is 361 g/mol. The number of allylic oxidation sites excluding steroid dienone is 2. The highest BCUT2D eigenvalue weighted by molar-refractivity contribution is 6.09. The van der Waals surface area contributed by atoms with Crippen LogP contribution in [-0.4, -0.2) is 45.8 Å². The molecule has 0 radical (unpaired) electrons. The van der Waals surface area contributed by atoms with E-state index in [0.717, 1.165) is 55.5 Å². The van der Waals surface area contributed by atoms with E-state index in [1.165, 1.54) is 6.42 Å². The number of urea groups is 1. The van der Waals surface area contributed by atoms with Gasteiger partial charge in [0.2, 0.25) is 5.91 Å². The number of hydrogen-bond donors (Lipinski definition) is 1. The number of nitrogens with zero attached hydrogens (tertiary/aromatic N) is 2. The van der Waals surface area contributed by atoms with Gasteiger partial charge >= 0.3 is 6.03 Å². The Morgan fingerprint density at radius 3 is 2.46 bits per heavy atom. The Kier molecular flexibility index (Phi) is 5.68. The van der Waals surface area contributed by atoms with Crippen LogP contribution in [-0.2, 0) is 9.59 Å². The molecule has 0 spiro atoms. The van der Waals surface area contributed by atoms with Crippen molar-refractivity contribution in [1.82, 2.24) is 15.1 Å². The van der Waals surface area contributed by atoms with Crippen LogP contribution in [0.3, 0.4) is 0 Å². The number of amides is 4. The molecule has 2 aliphatic carbocycles. The van der Waals surface area contributed by atoms with E-state index in [1.807, 2.05) is 18.7 Å². The first-order valence-electron chi connectivity index (χ1n) is 10.2. The normalized spacial score (nSPS) is 22.2. The van der Waals surface area contributed by atoms with Gasteiger partial charge in [0.25, 0.3) is 5.91 Å². The van der Waals surface area contributed by atoms with E-state index in [1.54, 1.807) is 0 Å². The van der Waals surface area contributed by atoms with Crippen molar-refractivity contribution in [1.29, 1.82) is 0 Å². The molecule has 3 aliphatic rings. The van der Waals surface area contributed by atoms with Crippen LogP contribution in [0, 0.1) is 0 Å². The minimum Gasteiger partial charge on any atom is -0.323 e. The Balaban J connectivity index is 1.74. The second kappa shape index (κ2) is 7.80. The Morgan fingerprint density at radius 1 is 1.23 bits per heavy atom. The maximum atomic E-state index is 13.0. The molecular weight excluding hydrogens is 330 g/mol. The predicted octanol–water partition coefficient (Wildman–Crippen LogP) is 3.33. The van der Waals surface area contributed by atoms with E-state index in [2.05, 4.69) is 11.4 Å². The highest BCUT2D eigenvalue weighted by Crippen LogP contribution is 2.34. The van der Waals surface area contributed by atoms with Crippen LogP contribution >= 0.6 is 0 Å². The number of carbonyl (C=O) groups is 3. The quantitative estimate of drug-likeness (QED) is 0.674. The van der Waals surface area contributed by atoms with Crippen LogP contribution in [0.15, 0.2) is 11.8 Å². The van der Waals surface area contributed by atoms with Crippen LogP contribution in [0.5, 0.6) is 0 Å². The molecule has 1 heterocycles. The summed E-state index contributed by atoms with van der Waals surface area (Å²) in [6.07, 6.45) is 11.2. The molecule has 0 aromatic rings. The summed E-state index contributed by atoms with van der Waals surface area (Å²) in [6, 6.07) is -0.165. The molecule has 0 bridgehead atoms. The summed E-state index contributed by atoms with van der Waals surface area (Å²) in [5, 5.41) is 2.89. The maximum absolute atomic E-state index is 13.0. The number of rotatable bonds is 8. The van der Waals surface area contributed by atoms with Crippen LogP contribution in [0.25, 0.3) is 0 Å². The molecule has 0 aromatic carbocycles.